The first kappa shape index (κ1) is 37.6. The van der Waals surface area contributed by atoms with Gasteiger partial charge < -0.3 is 9.64 Å². The van der Waals surface area contributed by atoms with Gasteiger partial charge >= 0.3 is 0 Å². The molecule has 12 rings (SSSR count). The summed E-state index contributed by atoms with van der Waals surface area (Å²) < 4.78 is 7.61. The van der Waals surface area contributed by atoms with Gasteiger partial charge in [0.25, 0.3) is 0 Å². The number of fused-ring (bicyclic) bond motifs is 6. The van der Waals surface area contributed by atoms with Gasteiger partial charge in [0.1, 0.15) is 5.75 Å². The lowest BCUT2D eigenvalue weighted by Gasteiger charge is -2.41. The molecule has 2 aliphatic rings. The van der Waals surface area contributed by atoms with Gasteiger partial charge in [-0.25, -0.2) is 0 Å². The van der Waals surface area contributed by atoms with E-state index in [1.54, 1.807) is 0 Å². The van der Waals surface area contributed by atoms with Crippen LogP contribution in [0.25, 0.3) is 33.4 Å². The van der Waals surface area contributed by atoms with Gasteiger partial charge in [0.05, 0.1) is 5.41 Å². The Bertz CT molecular complexity index is 3210. The van der Waals surface area contributed by atoms with Crippen LogP contribution in [0.1, 0.15) is 38.9 Å². The van der Waals surface area contributed by atoms with Crippen molar-refractivity contribution in [1.82, 2.24) is 0 Å². The summed E-state index contributed by atoms with van der Waals surface area (Å²) in [5, 5.41) is 0. The summed E-state index contributed by atoms with van der Waals surface area (Å²) in [6.07, 6.45) is 0. The van der Waals surface area contributed by atoms with E-state index < -0.39 is 11.0 Å². The van der Waals surface area contributed by atoms with Gasteiger partial charge in [0.2, 0.25) is 0 Å². The molecule has 0 radical (unpaired) electrons. The third kappa shape index (κ3) is 5.80. The van der Waals surface area contributed by atoms with Gasteiger partial charge in [-0.05, 0) is 86.5 Å². The van der Waals surface area contributed by atoms with Crippen LogP contribution in [0.3, 0.4) is 0 Å². The van der Waals surface area contributed by atoms with E-state index in [2.05, 4.69) is 266 Å². The minimum atomic E-state index is -0.882. The van der Waals surface area contributed by atoms with E-state index in [0.29, 0.717) is 0 Å². The van der Waals surface area contributed by atoms with Crippen molar-refractivity contribution in [2.45, 2.75) is 11.0 Å². The number of ether oxygens (including phenoxy) is 1. The number of anilines is 3. The number of benzene rings is 10. The highest BCUT2D eigenvalue weighted by Gasteiger charge is 2.47. The van der Waals surface area contributed by atoms with Crippen molar-refractivity contribution in [3.63, 3.8) is 0 Å². The highest BCUT2D eigenvalue weighted by atomic mass is 16.5. The second kappa shape index (κ2) is 15.3. The van der Waals surface area contributed by atoms with E-state index in [9.17, 15) is 0 Å². The molecule has 0 N–H and O–H groups in total. The van der Waals surface area contributed by atoms with Gasteiger partial charge in [-0.2, -0.15) is 0 Å². The molecule has 2 heteroatoms. The molecule has 10 aromatic carbocycles. The van der Waals surface area contributed by atoms with E-state index in [4.69, 9.17) is 4.74 Å². The topological polar surface area (TPSA) is 12.5 Å². The fourth-order valence-corrected chi connectivity index (χ4v) is 10.6. The van der Waals surface area contributed by atoms with Gasteiger partial charge in [-0.15, -0.1) is 0 Å². The normalized spacial score (nSPS) is 13.7. The average molecular weight is 818 g/mol. The first-order valence-electron chi connectivity index (χ1n) is 22.1. The molecule has 0 amide bonds. The smallest absolute Gasteiger partial charge is 0.185 e. The maximum absolute atomic E-state index is 7.61. The number of hydrogen-bond donors (Lipinski definition) is 0. The lowest BCUT2D eigenvalue weighted by molar-refractivity contribution is 0.152. The van der Waals surface area contributed by atoms with Crippen molar-refractivity contribution in [2.24, 2.45) is 0 Å². The zero-order valence-corrected chi connectivity index (χ0v) is 35.2. The molecule has 64 heavy (non-hydrogen) atoms. The molecule has 1 aliphatic heterocycles. The predicted molar refractivity (Wildman–Crippen MR) is 263 cm³/mol. The average Bonchev–Trinajstić information content (AvgIpc) is 3.68. The zero-order valence-electron chi connectivity index (χ0n) is 35.2. The van der Waals surface area contributed by atoms with Crippen LogP contribution in [0, 0.1) is 0 Å². The molecule has 0 bridgehead atoms. The molecule has 0 saturated carbocycles. The van der Waals surface area contributed by atoms with E-state index >= 15 is 0 Å². The highest BCUT2D eigenvalue weighted by molar-refractivity contribution is 5.91. The maximum Gasteiger partial charge on any atom is 0.185 e. The Hall–Kier alpha value is -8.20. The van der Waals surface area contributed by atoms with Crippen LogP contribution in [0.2, 0.25) is 0 Å². The predicted octanol–water partition coefficient (Wildman–Crippen LogP) is 15.5. The minimum Gasteiger partial charge on any atom is -0.472 e. The first-order chi connectivity index (χ1) is 31.7. The maximum atomic E-state index is 7.61. The molecular weight excluding hydrogens is 775 g/mol. The molecule has 302 valence electrons. The monoisotopic (exact) mass is 817 g/mol. The molecule has 0 atom stereocenters. The van der Waals surface area contributed by atoms with Crippen LogP contribution in [0.4, 0.5) is 17.1 Å². The van der Waals surface area contributed by atoms with E-state index in [1.165, 1.54) is 38.9 Å². The zero-order chi connectivity index (χ0) is 42.5. The molecule has 0 aromatic heterocycles. The van der Waals surface area contributed by atoms with Crippen molar-refractivity contribution < 1.29 is 4.74 Å². The van der Waals surface area contributed by atoms with Crippen molar-refractivity contribution in [3.8, 4) is 39.1 Å². The molecule has 0 unspecified atom stereocenters. The van der Waals surface area contributed by atoms with Crippen molar-refractivity contribution >= 4 is 17.1 Å². The van der Waals surface area contributed by atoms with Crippen LogP contribution in [0.15, 0.2) is 261 Å². The molecule has 0 saturated heterocycles. The lowest BCUT2D eigenvalue weighted by Crippen LogP contribution is -2.38. The van der Waals surface area contributed by atoms with E-state index in [1.807, 2.05) is 0 Å². The summed E-state index contributed by atoms with van der Waals surface area (Å²) in [5.74, 6) is 0.824. The van der Waals surface area contributed by atoms with Crippen LogP contribution >= 0.6 is 0 Å². The molecule has 0 spiro atoms. The lowest BCUT2D eigenvalue weighted by atomic mass is 9.67. The Balaban J connectivity index is 1.11. The second-order valence-corrected chi connectivity index (χ2v) is 16.8. The molecule has 2 nitrogen and oxygen atoms in total. The summed E-state index contributed by atoms with van der Waals surface area (Å²) in [6, 6.07) is 94.5. The fraction of sp³-hybridized carbons (Fsp3) is 0.0323. The van der Waals surface area contributed by atoms with E-state index in [-0.39, 0.29) is 0 Å². The Labute approximate surface area is 375 Å². The second-order valence-electron chi connectivity index (χ2n) is 16.8. The molecule has 1 aliphatic carbocycles. The molecule has 1 heterocycles. The first-order valence-corrected chi connectivity index (χ1v) is 22.1. The Kier molecular flexibility index (Phi) is 8.98. The van der Waals surface area contributed by atoms with Crippen LogP contribution in [-0.2, 0) is 11.0 Å². The van der Waals surface area contributed by atoms with Gasteiger partial charge in [0.15, 0.2) is 5.60 Å². The van der Waals surface area contributed by atoms with Gasteiger partial charge in [-0.1, -0.05) is 218 Å². The molecule has 0 fully saturated rings. The molecule has 10 aromatic rings. The summed E-state index contributed by atoms with van der Waals surface area (Å²) >= 11 is 0. The van der Waals surface area contributed by atoms with Gasteiger partial charge in [0, 0.05) is 45.4 Å². The van der Waals surface area contributed by atoms with Crippen molar-refractivity contribution in [3.05, 3.63) is 300 Å². The Morgan fingerprint density at radius 1 is 0.281 bits per heavy atom. The van der Waals surface area contributed by atoms with Crippen LogP contribution in [0.5, 0.6) is 5.75 Å². The highest BCUT2D eigenvalue weighted by Crippen LogP contribution is 2.58. The van der Waals surface area contributed by atoms with Crippen molar-refractivity contribution in [1.29, 1.82) is 0 Å². The number of nitrogens with zero attached hydrogens (tertiary/aromatic N) is 1. The number of hydrogen-bond acceptors (Lipinski definition) is 2. The summed E-state index contributed by atoms with van der Waals surface area (Å²) in [7, 11) is 0. The SMILES string of the molecule is c1ccc(-c2cccc(N(c3ccc4c(c3)OC(c3ccccc3)(c3ccccc3)c3ccccc3-4)c3ccc4c(c3)C(c3ccccc3)(c3ccccc3)c3ccccc3-4)c2)cc1. The van der Waals surface area contributed by atoms with Crippen molar-refractivity contribution in [2.75, 3.05) is 4.90 Å². The van der Waals surface area contributed by atoms with Gasteiger partial charge in [-0.3, -0.25) is 0 Å². The fourth-order valence-electron chi connectivity index (χ4n) is 10.6. The minimum absolute atomic E-state index is 0.546. The number of rotatable bonds is 8. The standard InChI is InChI=1S/C62H43NO/c1-6-21-44(22-7-1)45-23-20-32-50(41-45)63(51-37-39-55-53-33-16-18-35-57(53)61(59(55)42-51,46-24-8-2-9-25-46)47-26-10-3-11-27-47)52-38-40-56-54-34-17-19-36-58(54)62(64-60(56)43-52,48-28-12-4-13-29-48)49-30-14-5-15-31-49/h1-43H. The van der Waals surface area contributed by atoms with Crippen LogP contribution in [-0.4, -0.2) is 0 Å². The quantitative estimate of drug-likeness (QED) is 0.151. The summed E-state index contributed by atoms with van der Waals surface area (Å²) in [4.78, 5) is 2.41. The molecular formula is C62H43NO. The van der Waals surface area contributed by atoms with Crippen LogP contribution < -0.4 is 9.64 Å². The Morgan fingerprint density at radius 2 is 0.719 bits per heavy atom. The third-order valence-corrected chi connectivity index (χ3v) is 13.4. The van der Waals surface area contributed by atoms with E-state index in [0.717, 1.165) is 56.2 Å². The largest absolute Gasteiger partial charge is 0.472 e. The summed E-state index contributed by atoms with van der Waals surface area (Å²) in [5.41, 5.74) is 17.0. The third-order valence-electron chi connectivity index (χ3n) is 13.4. The Morgan fingerprint density at radius 3 is 1.33 bits per heavy atom. The summed E-state index contributed by atoms with van der Waals surface area (Å²) in [6.45, 7) is 0.